The fraction of sp³-hybridized carbons (Fsp3) is 0.500. The van der Waals surface area contributed by atoms with Gasteiger partial charge in [-0.2, -0.15) is 23.5 Å². The summed E-state index contributed by atoms with van der Waals surface area (Å²) in [5.74, 6) is 1.97. The molecule has 2 atom stereocenters. The number of thioether (sulfide) groups is 2. The van der Waals surface area contributed by atoms with Gasteiger partial charge < -0.3 is 10.6 Å². The van der Waals surface area contributed by atoms with Crippen molar-refractivity contribution in [2.24, 2.45) is 0 Å². The van der Waals surface area contributed by atoms with Crippen LogP contribution in [-0.4, -0.2) is 46.6 Å². The van der Waals surface area contributed by atoms with E-state index in [-0.39, 0.29) is 0 Å². The fourth-order valence-electron chi connectivity index (χ4n) is 3.24. The van der Waals surface area contributed by atoms with Crippen molar-refractivity contribution >= 4 is 45.1 Å². The minimum Gasteiger partial charge on any atom is -0.316 e. The van der Waals surface area contributed by atoms with Gasteiger partial charge >= 0.3 is 0 Å². The average Bonchev–Trinajstić information content (AvgIpc) is 3.44. The molecule has 4 nitrogen and oxygen atoms in total. The van der Waals surface area contributed by atoms with Gasteiger partial charge in [0.1, 0.15) is 0 Å². The van der Waals surface area contributed by atoms with E-state index in [9.17, 15) is 0 Å². The highest BCUT2D eigenvalue weighted by molar-refractivity contribution is 8.76. The van der Waals surface area contributed by atoms with Crippen LogP contribution >= 0.6 is 45.1 Å². The minimum atomic E-state index is 0.722. The van der Waals surface area contributed by atoms with Crippen LogP contribution in [-0.2, 0) is 11.5 Å². The molecule has 2 aliphatic heterocycles. The number of rotatable bonds is 9. The molecular weight excluding hydrogens is 425 g/mol. The lowest BCUT2D eigenvalue weighted by atomic mass is 10.4. The van der Waals surface area contributed by atoms with E-state index in [4.69, 9.17) is 0 Å². The van der Waals surface area contributed by atoms with Crippen molar-refractivity contribution in [1.29, 1.82) is 0 Å². The third kappa shape index (κ3) is 6.06. The van der Waals surface area contributed by atoms with E-state index in [1.807, 2.05) is 69.6 Å². The van der Waals surface area contributed by atoms with Gasteiger partial charge in [0, 0.05) is 57.3 Å². The average molecular weight is 451 g/mol. The number of pyridine rings is 2. The second-order valence-corrected chi connectivity index (χ2v) is 11.7. The molecule has 4 rings (SSSR count). The molecule has 28 heavy (non-hydrogen) atoms. The van der Waals surface area contributed by atoms with Crippen LogP contribution in [0, 0.1) is 0 Å². The summed E-state index contributed by atoms with van der Waals surface area (Å²) < 4.78 is 0. The maximum Gasteiger partial charge on any atom is 0.0646 e. The molecule has 2 N–H and O–H groups in total. The summed E-state index contributed by atoms with van der Waals surface area (Å²) >= 11 is 4.06. The molecule has 0 aliphatic carbocycles. The van der Waals surface area contributed by atoms with E-state index in [1.165, 1.54) is 34.0 Å². The van der Waals surface area contributed by atoms with E-state index < -0.39 is 0 Å². The van der Waals surface area contributed by atoms with Crippen LogP contribution in [0.1, 0.15) is 24.2 Å². The Morgan fingerprint density at radius 2 is 1.29 bits per heavy atom. The summed E-state index contributed by atoms with van der Waals surface area (Å²) in [5, 5.41) is 8.33. The standard InChI is InChI=1S/C20H26N4S4/c1-3-19(17(23-7-1)13-25-15-5-9-21-11-15)27-28-20-4-2-8-24-18(20)14-26-16-6-10-22-12-16/h1-4,7-8,15-16,21-22H,5-6,9-14H2. The van der Waals surface area contributed by atoms with E-state index in [0.717, 1.165) is 48.2 Å². The predicted molar refractivity (Wildman–Crippen MR) is 125 cm³/mol. The Morgan fingerprint density at radius 1 is 0.786 bits per heavy atom. The lowest BCUT2D eigenvalue weighted by molar-refractivity contribution is 0.858. The largest absolute Gasteiger partial charge is 0.316 e. The van der Waals surface area contributed by atoms with Crippen LogP contribution < -0.4 is 10.6 Å². The van der Waals surface area contributed by atoms with Crippen molar-refractivity contribution < 1.29 is 0 Å². The normalized spacial score (nSPS) is 22.0. The van der Waals surface area contributed by atoms with Crippen LogP contribution in [0.25, 0.3) is 0 Å². The SMILES string of the molecule is c1cnc(CSC2CCNC2)c(SSc2cccnc2CSC2CCNC2)c1. The monoisotopic (exact) mass is 450 g/mol. The maximum atomic E-state index is 4.66. The van der Waals surface area contributed by atoms with Crippen LogP contribution in [0.2, 0.25) is 0 Å². The molecule has 0 bridgehead atoms. The second-order valence-electron chi connectivity index (χ2n) is 6.91. The van der Waals surface area contributed by atoms with Gasteiger partial charge in [0.05, 0.1) is 11.4 Å². The number of hydrogen-bond donors (Lipinski definition) is 2. The van der Waals surface area contributed by atoms with Gasteiger partial charge in [0.15, 0.2) is 0 Å². The minimum absolute atomic E-state index is 0.722. The third-order valence-corrected chi connectivity index (χ3v) is 10.0. The van der Waals surface area contributed by atoms with Crippen molar-refractivity contribution in [3.63, 3.8) is 0 Å². The van der Waals surface area contributed by atoms with Crippen LogP contribution in [0.3, 0.4) is 0 Å². The Morgan fingerprint density at radius 3 is 1.71 bits per heavy atom. The molecule has 2 saturated heterocycles. The third-order valence-electron chi connectivity index (χ3n) is 4.86. The van der Waals surface area contributed by atoms with Crippen LogP contribution in [0.4, 0.5) is 0 Å². The van der Waals surface area contributed by atoms with Gasteiger partial charge in [0.25, 0.3) is 0 Å². The highest BCUT2D eigenvalue weighted by Crippen LogP contribution is 2.41. The fourth-order valence-corrected chi connectivity index (χ4v) is 8.05. The van der Waals surface area contributed by atoms with E-state index >= 15 is 0 Å². The summed E-state index contributed by atoms with van der Waals surface area (Å²) in [5.41, 5.74) is 2.41. The lowest BCUT2D eigenvalue weighted by Gasteiger charge is -2.12. The molecule has 2 aliphatic rings. The highest BCUT2D eigenvalue weighted by Gasteiger charge is 2.18. The Balaban J connectivity index is 1.35. The number of aromatic nitrogens is 2. The first-order valence-electron chi connectivity index (χ1n) is 9.75. The van der Waals surface area contributed by atoms with Crippen molar-refractivity contribution in [1.82, 2.24) is 20.6 Å². The predicted octanol–water partition coefficient (Wildman–Crippen LogP) is 4.47. The van der Waals surface area contributed by atoms with Gasteiger partial charge in [-0.05, 0) is 50.2 Å². The summed E-state index contributed by atoms with van der Waals surface area (Å²) in [7, 11) is 3.64. The molecule has 2 fully saturated rings. The number of nitrogens with one attached hydrogen (secondary N) is 2. The maximum absolute atomic E-state index is 4.66. The molecule has 2 aromatic heterocycles. The Hall–Kier alpha value is -0.380. The summed E-state index contributed by atoms with van der Waals surface area (Å²) in [6.07, 6.45) is 6.36. The Kier molecular flexibility index (Phi) is 8.30. The Bertz CT molecular complexity index is 685. The van der Waals surface area contributed by atoms with Crippen molar-refractivity contribution in [2.75, 3.05) is 26.2 Å². The van der Waals surface area contributed by atoms with Crippen molar-refractivity contribution in [3.05, 3.63) is 48.0 Å². The van der Waals surface area contributed by atoms with Crippen molar-refractivity contribution in [3.8, 4) is 0 Å². The molecule has 0 spiro atoms. The van der Waals surface area contributed by atoms with E-state index in [1.54, 1.807) is 0 Å². The molecule has 2 unspecified atom stereocenters. The molecule has 0 saturated carbocycles. The molecule has 8 heteroatoms. The second kappa shape index (κ2) is 11.1. The molecule has 4 heterocycles. The number of hydrogen-bond acceptors (Lipinski definition) is 8. The van der Waals surface area contributed by atoms with Gasteiger partial charge in [-0.3, -0.25) is 9.97 Å². The molecular formula is C20H26N4S4. The summed E-state index contributed by atoms with van der Waals surface area (Å²) in [6.45, 7) is 4.55. The molecule has 0 radical (unpaired) electrons. The quantitative estimate of drug-likeness (QED) is 0.543. The molecule has 0 amide bonds. The lowest BCUT2D eigenvalue weighted by Crippen LogP contribution is -2.10. The van der Waals surface area contributed by atoms with Crippen LogP contribution in [0.5, 0.6) is 0 Å². The van der Waals surface area contributed by atoms with Gasteiger partial charge in [-0.15, -0.1) is 0 Å². The Labute approximate surface area is 184 Å². The zero-order valence-electron chi connectivity index (χ0n) is 15.8. The highest BCUT2D eigenvalue weighted by atomic mass is 33.1. The number of nitrogens with zero attached hydrogens (tertiary/aromatic N) is 2. The zero-order chi connectivity index (χ0) is 19.0. The van der Waals surface area contributed by atoms with Gasteiger partial charge in [-0.1, -0.05) is 21.6 Å². The van der Waals surface area contributed by atoms with Gasteiger partial charge in [0.2, 0.25) is 0 Å². The first-order chi connectivity index (χ1) is 13.9. The zero-order valence-corrected chi connectivity index (χ0v) is 19.1. The molecule has 2 aromatic rings. The topological polar surface area (TPSA) is 49.8 Å². The summed E-state index contributed by atoms with van der Waals surface area (Å²) in [6, 6.07) is 8.48. The first-order valence-corrected chi connectivity index (χ1v) is 14.0. The van der Waals surface area contributed by atoms with E-state index in [0.29, 0.717) is 0 Å². The van der Waals surface area contributed by atoms with Crippen molar-refractivity contribution in [2.45, 2.75) is 44.6 Å². The van der Waals surface area contributed by atoms with Crippen LogP contribution in [0.15, 0.2) is 46.5 Å². The first kappa shape index (κ1) is 20.9. The van der Waals surface area contributed by atoms with Gasteiger partial charge in [-0.25, -0.2) is 0 Å². The van der Waals surface area contributed by atoms with E-state index in [2.05, 4.69) is 32.7 Å². The summed E-state index contributed by atoms with van der Waals surface area (Å²) in [4.78, 5) is 11.9. The smallest absolute Gasteiger partial charge is 0.0646 e. The molecule has 0 aromatic carbocycles. The molecule has 150 valence electrons.